The zero-order chi connectivity index (χ0) is 12.8. The molecule has 0 radical (unpaired) electrons. The molecule has 0 amide bonds. The number of fused-ring (bicyclic) bond motifs is 1. The molecule has 0 saturated carbocycles. The zero-order valence-corrected chi connectivity index (χ0v) is 11.8. The van der Waals surface area contributed by atoms with Crippen LogP contribution in [0.25, 0.3) is 0 Å². The Morgan fingerprint density at radius 2 is 2.22 bits per heavy atom. The minimum Gasteiger partial charge on any atom is -0.390 e. The minimum atomic E-state index is -0.489. The quantitative estimate of drug-likeness (QED) is 0.825. The number of rotatable bonds is 2. The zero-order valence-electron chi connectivity index (χ0n) is 11.0. The van der Waals surface area contributed by atoms with Crippen LogP contribution in [-0.2, 0) is 14.2 Å². The SMILES string of the molecule is CC1(C)OCC(C[C@H]2OC3CCSCC3C2O)O1. The second-order valence-electron chi connectivity index (χ2n) is 5.92. The Kier molecular flexibility index (Phi) is 3.62. The van der Waals surface area contributed by atoms with Crippen molar-refractivity contribution in [3.05, 3.63) is 0 Å². The third kappa shape index (κ3) is 2.56. The van der Waals surface area contributed by atoms with E-state index in [0.717, 1.165) is 24.3 Å². The van der Waals surface area contributed by atoms with Gasteiger partial charge < -0.3 is 19.3 Å². The molecule has 0 aliphatic carbocycles. The third-order valence-electron chi connectivity index (χ3n) is 4.07. The Balaban J connectivity index is 1.57. The monoisotopic (exact) mass is 274 g/mol. The first kappa shape index (κ1) is 13.2. The largest absolute Gasteiger partial charge is 0.390 e. The summed E-state index contributed by atoms with van der Waals surface area (Å²) in [6.07, 6.45) is 1.68. The van der Waals surface area contributed by atoms with Crippen LogP contribution in [0.3, 0.4) is 0 Å². The van der Waals surface area contributed by atoms with E-state index in [0.29, 0.717) is 12.5 Å². The van der Waals surface area contributed by atoms with Crippen LogP contribution < -0.4 is 0 Å². The molecule has 3 heterocycles. The predicted molar refractivity (Wildman–Crippen MR) is 69.6 cm³/mol. The number of aliphatic hydroxyl groups is 1. The lowest BCUT2D eigenvalue weighted by Crippen LogP contribution is -2.33. The average Bonchev–Trinajstić information content (AvgIpc) is 2.82. The maximum atomic E-state index is 10.3. The maximum Gasteiger partial charge on any atom is 0.163 e. The van der Waals surface area contributed by atoms with Gasteiger partial charge in [0.1, 0.15) is 0 Å². The van der Waals surface area contributed by atoms with Crippen LogP contribution in [0.1, 0.15) is 26.7 Å². The Hall–Kier alpha value is 0.190. The normalized spacial score (nSPS) is 47.2. The molecule has 104 valence electrons. The van der Waals surface area contributed by atoms with Crippen LogP contribution in [0.5, 0.6) is 0 Å². The highest BCUT2D eigenvalue weighted by molar-refractivity contribution is 7.99. The van der Waals surface area contributed by atoms with Crippen molar-refractivity contribution in [1.29, 1.82) is 0 Å². The van der Waals surface area contributed by atoms with Crippen LogP contribution in [0.4, 0.5) is 0 Å². The molecular weight excluding hydrogens is 252 g/mol. The molecule has 18 heavy (non-hydrogen) atoms. The smallest absolute Gasteiger partial charge is 0.163 e. The molecule has 3 aliphatic rings. The van der Waals surface area contributed by atoms with E-state index in [-0.39, 0.29) is 24.4 Å². The molecule has 4 unspecified atom stereocenters. The number of thioether (sulfide) groups is 1. The molecule has 3 fully saturated rings. The molecule has 1 N–H and O–H groups in total. The average molecular weight is 274 g/mol. The van der Waals surface area contributed by atoms with Crippen molar-refractivity contribution in [3.8, 4) is 0 Å². The Labute approximate surface area is 112 Å². The van der Waals surface area contributed by atoms with E-state index in [9.17, 15) is 5.11 Å². The first-order valence-corrected chi connectivity index (χ1v) is 7.94. The van der Waals surface area contributed by atoms with E-state index in [1.54, 1.807) is 0 Å². The molecular formula is C13H22O4S. The van der Waals surface area contributed by atoms with Crippen molar-refractivity contribution in [2.75, 3.05) is 18.1 Å². The minimum absolute atomic E-state index is 0.0486. The van der Waals surface area contributed by atoms with Gasteiger partial charge in [-0.3, -0.25) is 0 Å². The van der Waals surface area contributed by atoms with Gasteiger partial charge in [-0.25, -0.2) is 0 Å². The Morgan fingerprint density at radius 1 is 1.39 bits per heavy atom. The topological polar surface area (TPSA) is 47.9 Å². The second kappa shape index (κ2) is 4.94. The maximum absolute atomic E-state index is 10.3. The van der Waals surface area contributed by atoms with Gasteiger partial charge in [0, 0.05) is 18.1 Å². The fraction of sp³-hybridized carbons (Fsp3) is 1.00. The number of hydrogen-bond donors (Lipinski definition) is 1. The highest BCUT2D eigenvalue weighted by Crippen LogP contribution is 2.39. The fourth-order valence-electron chi connectivity index (χ4n) is 3.14. The molecule has 0 bridgehead atoms. The van der Waals surface area contributed by atoms with Gasteiger partial charge >= 0.3 is 0 Å². The number of aliphatic hydroxyl groups excluding tert-OH is 1. The van der Waals surface area contributed by atoms with Crippen molar-refractivity contribution in [2.24, 2.45) is 5.92 Å². The summed E-state index contributed by atoms with van der Waals surface area (Å²) in [5.74, 6) is 1.99. The lowest BCUT2D eigenvalue weighted by Gasteiger charge is -2.24. The highest BCUT2D eigenvalue weighted by atomic mass is 32.2. The van der Waals surface area contributed by atoms with Gasteiger partial charge in [-0.15, -0.1) is 0 Å². The van der Waals surface area contributed by atoms with Gasteiger partial charge in [-0.1, -0.05) is 0 Å². The van der Waals surface area contributed by atoms with Crippen LogP contribution in [0.15, 0.2) is 0 Å². The van der Waals surface area contributed by atoms with Gasteiger partial charge in [-0.05, 0) is 26.0 Å². The van der Waals surface area contributed by atoms with E-state index in [4.69, 9.17) is 14.2 Å². The van der Waals surface area contributed by atoms with Crippen LogP contribution in [0.2, 0.25) is 0 Å². The first-order chi connectivity index (χ1) is 8.55. The summed E-state index contributed by atoms with van der Waals surface area (Å²) in [7, 11) is 0. The van der Waals surface area contributed by atoms with Gasteiger partial charge in [0.15, 0.2) is 5.79 Å². The highest BCUT2D eigenvalue weighted by Gasteiger charge is 2.46. The molecule has 3 aliphatic heterocycles. The van der Waals surface area contributed by atoms with Gasteiger partial charge in [0.25, 0.3) is 0 Å². The molecule has 0 spiro atoms. The van der Waals surface area contributed by atoms with Gasteiger partial charge in [0.2, 0.25) is 0 Å². The second-order valence-corrected chi connectivity index (χ2v) is 7.07. The van der Waals surface area contributed by atoms with Gasteiger partial charge in [0.05, 0.1) is 31.0 Å². The van der Waals surface area contributed by atoms with Crippen molar-refractivity contribution in [2.45, 2.75) is 56.9 Å². The molecule has 5 atom stereocenters. The first-order valence-electron chi connectivity index (χ1n) is 6.78. The van der Waals surface area contributed by atoms with Crippen molar-refractivity contribution < 1.29 is 19.3 Å². The molecule has 0 aromatic rings. The Bertz CT molecular complexity index is 309. The molecule has 4 nitrogen and oxygen atoms in total. The van der Waals surface area contributed by atoms with Gasteiger partial charge in [-0.2, -0.15) is 11.8 Å². The van der Waals surface area contributed by atoms with E-state index < -0.39 is 5.79 Å². The summed E-state index contributed by atoms with van der Waals surface area (Å²) in [6.45, 7) is 4.45. The van der Waals surface area contributed by atoms with E-state index in [1.165, 1.54) is 0 Å². The summed E-state index contributed by atoms with van der Waals surface area (Å²) < 4.78 is 17.4. The molecule has 5 heteroatoms. The van der Waals surface area contributed by atoms with Crippen molar-refractivity contribution in [1.82, 2.24) is 0 Å². The Morgan fingerprint density at radius 3 is 2.89 bits per heavy atom. The summed E-state index contributed by atoms with van der Waals surface area (Å²) in [4.78, 5) is 0. The lowest BCUT2D eigenvalue weighted by atomic mass is 9.94. The molecule has 3 saturated heterocycles. The van der Waals surface area contributed by atoms with E-state index in [1.807, 2.05) is 25.6 Å². The summed E-state index contributed by atoms with van der Waals surface area (Å²) >= 11 is 1.92. The fourth-order valence-corrected chi connectivity index (χ4v) is 4.39. The van der Waals surface area contributed by atoms with Crippen molar-refractivity contribution >= 4 is 11.8 Å². The molecule has 0 aromatic heterocycles. The number of hydrogen-bond acceptors (Lipinski definition) is 5. The van der Waals surface area contributed by atoms with Crippen LogP contribution in [-0.4, -0.2) is 53.4 Å². The summed E-state index contributed by atoms with van der Waals surface area (Å²) in [5.41, 5.74) is 0. The molecule has 3 rings (SSSR count). The standard InChI is InChI=1S/C13H22O4S/c1-13(2)15-6-8(17-13)5-11-12(14)9-7-18-4-3-10(9)16-11/h8-12,14H,3-7H2,1-2H3/t8?,9?,10?,11-,12?/m1/s1. The summed E-state index contributed by atoms with van der Waals surface area (Å²) in [5, 5.41) is 10.3. The predicted octanol–water partition coefficient (Wildman–Crippen LogP) is 1.41. The van der Waals surface area contributed by atoms with E-state index >= 15 is 0 Å². The number of ether oxygens (including phenoxy) is 3. The van der Waals surface area contributed by atoms with Crippen molar-refractivity contribution in [3.63, 3.8) is 0 Å². The van der Waals surface area contributed by atoms with Crippen LogP contribution >= 0.6 is 11.8 Å². The molecule has 0 aromatic carbocycles. The summed E-state index contributed by atoms with van der Waals surface area (Å²) in [6, 6.07) is 0. The lowest BCUT2D eigenvalue weighted by molar-refractivity contribution is -0.143. The van der Waals surface area contributed by atoms with Crippen LogP contribution in [0, 0.1) is 5.92 Å². The third-order valence-corrected chi connectivity index (χ3v) is 5.21. The van der Waals surface area contributed by atoms with E-state index in [2.05, 4.69) is 0 Å².